The molecule has 0 aliphatic carbocycles. The first-order valence-corrected chi connectivity index (χ1v) is 8.78. The Balaban J connectivity index is 1.46. The predicted molar refractivity (Wildman–Crippen MR) is 87.0 cm³/mol. The van der Waals surface area contributed by atoms with Crippen molar-refractivity contribution in [3.05, 3.63) is 29.8 Å². The average Bonchev–Trinajstić information content (AvgIpc) is 2.74. The average molecular weight is 305 g/mol. The van der Waals surface area contributed by atoms with E-state index in [1.165, 1.54) is 10.5 Å². The van der Waals surface area contributed by atoms with Crippen LogP contribution in [0.1, 0.15) is 30.7 Å². The highest BCUT2D eigenvalue weighted by molar-refractivity contribution is 7.99. The number of fused-ring (bicyclic) bond motifs is 1. The summed E-state index contributed by atoms with van der Waals surface area (Å²) in [5.74, 6) is 1.50. The molecule has 5 heteroatoms. The number of rotatable bonds is 3. The van der Waals surface area contributed by atoms with Gasteiger partial charge in [0.05, 0.1) is 0 Å². The second-order valence-electron chi connectivity index (χ2n) is 5.78. The van der Waals surface area contributed by atoms with Gasteiger partial charge in [-0.2, -0.15) is 0 Å². The van der Waals surface area contributed by atoms with E-state index in [4.69, 9.17) is 0 Å². The van der Waals surface area contributed by atoms with Crippen LogP contribution in [0.25, 0.3) is 0 Å². The molecular weight excluding hydrogens is 282 g/mol. The molecule has 3 rings (SSSR count). The van der Waals surface area contributed by atoms with Crippen molar-refractivity contribution in [2.75, 3.05) is 25.4 Å². The molecule has 0 bridgehead atoms. The van der Waals surface area contributed by atoms with Gasteiger partial charge >= 0.3 is 6.03 Å². The van der Waals surface area contributed by atoms with Crippen molar-refractivity contribution >= 4 is 17.8 Å². The Hall–Kier alpha value is -1.20. The number of amides is 2. The van der Waals surface area contributed by atoms with E-state index < -0.39 is 0 Å². The van der Waals surface area contributed by atoms with Crippen LogP contribution in [0.3, 0.4) is 0 Å². The highest BCUT2D eigenvalue weighted by atomic mass is 32.2. The lowest BCUT2D eigenvalue weighted by atomic mass is 10.0. The molecule has 2 unspecified atom stereocenters. The second-order valence-corrected chi connectivity index (χ2v) is 6.84. The molecule has 0 radical (unpaired) electrons. The summed E-state index contributed by atoms with van der Waals surface area (Å²) in [5.41, 5.74) is 1.38. The van der Waals surface area contributed by atoms with Gasteiger partial charge in [0.15, 0.2) is 0 Å². The van der Waals surface area contributed by atoms with Crippen molar-refractivity contribution in [3.63, 3.8) is 0 Å². The van der Waals surface area contributed by atoms with Gasteiger partial charge in [-0.3, -0.25) is 0 Å². The molecular formula is C16H23N3OS. The van der Waals surface area contributed by atoms with Crippen molar-refractivity contribution in [2.24, 2.45) is 0 Å². The summed E-state index contributed by atoms with van der Waals surface area (Å²) in [4.78, 5) is 13.4. The highest BCUT2D eigenvalue weighted by Gasteiger charge is 2.23. The van der Waals surface area contributed by atoms with Crippen LogP contribution in [-0.2, 0) is 0 Å². The Morgan fingerprint density at radius 1 is 1.29 bits per heavy atom. The zero-order valence-electron chi connectivity index (χ0n) is 12.2. The monoisotopic (exact) mass is 305 g/mol. The molecule has 21 heavy (non-hydrogen) atoms. The normalized spacial score (nSPS) is 25.0. The van der Waals surface area contributed by atoms with Crippen LogP contribution < -0.4 is 16.0 Å². The summed E-state index contributed by atoms with van der Waals surface area (Å²) in [7, 11) is 0. The Bertz CT molecular complexity index is 486. The fraction of sp³-hybridized carbons (Fsp3) is 0.562. The number of carbonyl (C=O) groups excluding carboxylic acids is 1. The van der Waals surface area contributed by atoms with E-state index in [0.717, 1.165) is 44.6 Å². The third-order valence-corrected chi connectivity index (χ3v) is 5.47. The molecule has 4 nitrogen and oxygen atoms in total. The van der Waals surface area contributed by atoms with E-state index in [1.807, 2.05) is 11.8 Å². The molecule has 1 fully saturated rings. The molecule has 2 aliphatic rings. The first kappa shape index (κ1) is 14.7. The van der Waals surface area contributed by atoms with Gasteiger partial charge in [-0.15, -0.1) is 11.8 Å². The fourth-order valence-corrected chi connectivity index (χ4v) is 4.27. The van der Waals surface area contributed by atoms with Crippen LogP contribution in [0.4, 0.5) is 4.79 Å². The standard InChI is InChI=1S/C16H23N3OS/c20-16(19-13-4-3-8-17-9-7-13)18-10-12-11-21-15-6-2-1-5-14(12)15/h1-2,5-6,12-13,17H,3-4,7-11H2,(H2,18,19,20). The highest BCUT2D eigenvalue weighted by Crippen LogP contribution is 2.38. The van der Waals surface area contributed by atoms with Gasteiger partial charge < -0.3 is 16.0 Å². The Morgan fingerprint density at radius 3 is 3.14 bits per heavy atom. The van der Waals surface area contributed by atoms with Gasteiger partial charge in [-0.25, -0.2) is 4.79 Å². The third kappa shape index (κ3) is 3.92. The molecule has 2 atom stereocenters. The molecule has 1 saturated heterocycles. The smallest absolute Gasteiger partial charge is 0.315 e. The summed E-state index contributed by atoms with van der Waals surface area (Å²) in [5, 5.41) is 9.52. The van der Waals surface area contributed by atoms with Crippen molar-refractivity contribution in [3.8, 4) is 0 Å². The lowest BCUT2D eigenvalue weighted by molar-refractivity contribution is 0.235. The number of carbonyl (C=O) groups is 1. The summed E-state index contributed by atoms with van der Waals surface area (Å²) in [6.45, 7) is 2.79. The minimum Gasteiger partial charge on any atom is -0.338 e. The van der Waals surface area contributed by atoms with Gasteiger partial charge in [0.1, 0.15) is 0 Å². The zero-order chi connectivity index (χ0) is 14.5. The van der Waals surface area contributed by atoms with Gasteiger partial charge in [0.25, 0.3) is 0 Å². The summed E-state index contributed by atoms with van der Waals surface area (Å²) >= 11 is 1.89. The Labute approximate surface area is 130 Å². The number of hydrogen-bond donors (Lipinski definition) is 3. The van der Waals surface area contributed by atoms with Crippen molar-refractivity contribution in [2.45, 2.75) is 36.1 Å². The number of benzene rings is 1. The van der Waals surface area contributed by atoms with Crippen LogP contribution in [0.15, 0.2) is 29.2 Å². The van der Waals surface area contributed by atoms with Crippen molar-refractivity contribution < 1.29 is 4.79 Å². The fourth-order valence-electron chi connectivity index (χ4n) is 3.01. The van der Waals surface area contributed by atoms with Gasteiger partial charge in [-0.05, 0) is 44.0 Å². The van der Waals surface area contributed by atoms with Crippen LogP contribution in [0.5, 0.6) is 0 Å². The lowest BCUT2D eigenvalue weighted by Gasteiger charge is -2.18. The van der Waals surface area contributed by atoms with Crippen LogP contribution >= 0.6 is 11.8 Å². The van der Waals surface area contributed by atoms with Crippen LogP contribution in [0.2, 0.25) is 0 Å². The Morgan fingerprint density at radius 2 is 2.19 bits per heavy atom. The van der Waals surface area contributed by atoms with Gasteiger partial charge in [0, 0.05) is 29.2 Å². The van der Waals surface area contributed by atoms with E-state index in [9.17, 15) is 4.79 Å². The second kappa shape index (κ2) is 7.18. The first-order valence-electron chi connectivity index (χ1n) is 7.80. The van der Waals surface area contributed by atoms with E-state index in [1.54, 1.807) is 0 Å². The van der Waals surface area contributed by atoms with E-state index in [2.05, 4.69) is 40.2 Å². The molecule has 3 N–H and O–H groups in total. The van der Waals surface area contributed by atoms with Crippen LogP contribution in [0, 0.1) is 0 Å². The van der Waals surface area contributed by atoms with E-state index in [0.29, 0.717) is 12.0 Å². The molecule has 0 saturated carbocycles. The van der Waals surface area contributed by atoms with E-state index >= 15 is 0 Å². The minimum absolute atomic E-state index is 0.0173. The maximum Gasteiger partial charge on any atom is 0.315 e. The van der Waals surface area contributed by atoms with E-state index in [-0.39, 0.29) is 6.03 Å². The topological polar surface area (TPSA) is 53.2 Å². The molecule has 2 heterocycles. The first-order chi connectivity index (χ1) is 10.3. The molecule has 2 amide bonds. The molecule has 2 aliphatic heterocycles. The zero-order valence-corrected chi connectivity index (χ0v) is 13.0. The number of hydrogen-bond acceptors (Lipinski definition) is 3. The summed E-state index contributed by atoms with van der Waals surface area (Å²) in [6.07, 6.45) is 3.23. The molecule has 0 aromatic heterocycles. The Kier molecular flexibility index (Phi) is 5.04. The summed E-state index contributed by atoms with van der Waals surface area (Å²) < 4.78 is 0. The van der Waals surface area contributed by atoms with Crippen molar-refractivity contribution in [1.82, 2.24) is 16.0 Å². The molecule has 0 spiro atoms. The number of thioether (sulfide) groups is 1. The lowest BCUT2D eigenvalue weighted by Crippen LogP contribution is -2.43. The van der Waals surface area contributed by atoms with Gasteiger partial charge in [0.2, 0.25) is 0 Å². The SMILES string of the molecule is O=C(NCC1CSc2ccccc21)NC1CCCNCC1. The summed E-state index contributed by atoms with van der Waals surface area (Å²) in [6, 6.07) is 8.79. The maximum atomic E-state index is 12.0. The third-order valence-electron chi connectivity index (χ3n) is 4.22. The van der Waals surface area contributed by atoms with Gasteiger partial charge in [-0.1, -0.05) is 18.2 Å². The van der Waals surface area contributed by atoms with Crippen LogP contribution in [-0.4, -0.2) is 37.5 Å². The maximum absolute atomic E-state index is 12.0. The largest absolute Gasteiger partial charge is 0.338 e. The predicted octanol–water partition coefficient (Wildman–Crippen LogP) is 2.32. The quantitative estimate of drug-likeness (QED) is 0.803. The number of urea groups is 1. The molecule has 1 aromatic rings. The number of nitrogens with one attached hydrogen (secondary N) is 3. The van der Waals surface area contributed by atoms with Crippen molar-refractivity contribution in [1.29, 1.82) is 0 Å². The minimum atomic E-state index is -0.0173. The molecule has 114 valence electrons. The molecule has 1 aromatic carbocycles.